The molecule has 6 aromatic rings. The van der Waals surface area contributed by atoms with Crippen molar-refractivity contribution >= 4 is 51.4 Å². The van der Waals surface area contributed by atoms with Gasteiger partial charge < -0.3 is 9.80 Å². The Bertz CT molecular complexity index is 1850. The van der Waals surface area contributed by atoms with Gasteiger partial charge in [-0.05, 0) is 76.7 Å². The fourth-order valence-electron chi connectivity index (χ4n) is 6.75. The summed E-state index contributed by atoms with van der Waals surface area (Å²) < 4.78 is 0. The van der Waals surface area contributed by atoms with Gasteiger partial charge in [-0.15, -0.1) is 0 Å². The van der Waals surface area contributed by atoms with Crippen LogP contribution in [0.25, 0.3) is 22.9 Å². The molecule has 2 unspecified atom stereocenters. The maximum Gasteiger partial charge on any atom is 0.0629 e. The highest BCUT2D eigenvalue weighted by molar-refractivity contribution is 6.07. The molecule has 0 bridgehead atoms. The summed E-state index contributed by atoms with van der Waals surface area (Å²) in [4.78, 5) is 4.87. The lowest BCUT2D eigenvalue weighted by Gasteiger charge is -2.40. The minimum absolute atomic E-state index is 0.139. The molecule has 0 radical (unpaired) electrons. The SMILES string of the molecule is C1=CC(N(c2ccccc2)c2ccccc2)C2C=Cc3ccc(N(c4ccccc4)c4ccccc4)c4ccc1c2c34. The first-order chi connectivity index (χ1) is 20.9. The van der Waals surface area contributed by atoms with Crippen molar-refractivity contribution in [3.05, 3.63) is 174 Å². The van der Waals surface area contributed by atoms with Gasteiger partial charge in [-0.1, -0.05) is 115 Å². The molecule has 2 aliphatic carbocycles. The zero-order valence-electron chi connectivity index (χ0n) is 23.2. The minimum Gasteiger partial charge on any atom is -0.334 e. The number of anilines is 5. The Morgan fingerprint density at radius 2 is 0.929 bits per heavy atom. The quantitative estimate of drug-likeness (QED) is 0.208. The fourth-order valence-corrected chi connectivity index (χ4v) is 6.75. The second-order valence-corrected chi connectivity index (χ2v) is 10.9. The maximum absolute atomic E-state index is 2.49. The molecule has 42 heavy (non-hydrogen) atoms. The molecular weight excluding hydrogens is 508 g/mol. The topological polar surface area (TPSA) is 6.48 Å². The third-order valence-corrected chi connectivity index (χ3v) is 8.56. The average molecular weight is 539 g/mol. The van der Waals surface area contributed by atoms with Crippen LogP contribution in [-0.4, -0.2) is 6.04 Å². The normalized spacial score (nSPS) is 16.4. The van der Waals surface area contributed by atoms with Gasteiger partial charge in [0.1, 0.15) is 0 Å². The van der Waals surface area contributed by atoms with Gasteiger partial charge in [-0.2, -0.15) is 0 Å². The summed E-state index contributed by atoms with van der Waals surface area (Å²) in [5.41, 5.74) is 9.88. The van der Waals surface area contributed by atoms with Crippen LogP contribution in [0.5, 0.6) is 0 Å². The molecular formula is C40H30N2. The molecule has 0 saturated carbocycles. The van der Waals surface area contributed by atoms with Crippen LogP contribution in [0, 0.1) is 0 Å². The third-order valence-electron chi connectivity index (χ3n) is 8.56. The molecule has 200 valence electrons. The van der Waals surface area contributed by atoms with E-state index in [0.717, 1.165) is 11.4 Å². The standard InChI is InChI=1S/C40H30N2/c1-5-13-31(14-6-1)41(32-15-7-2-8-16-32)37-27-23-29-22-26-36-38(28-24-30-21-25-35(37)39(29)40(30)36)42(33-17-9-3-10-18-33)34-19-11-4-12-20-34/h1-28,35,37H. The lowest BCUT2D eigenvalue weighted by Crippen LogP contribution is -2.36. The molecule has 8 rings (SSSR count). The van der Waals surface area contributed by atoms with E-state index in [1.165, 1.54) is 44.5 Å². The van der Waals surface area contributed by atoms with Crippen molar-refractivity contribution in [2.75, 3.05) is 9.80 Å². The van der Waals surface area contributed by atoms with Crippen LogP contribution in [0.1, 0.15) is 22.6 Å². The highest BCUT2D eigenvalue weighted by Crippen LogP contribution is 2.49. The van der Waals surface area contributed by atoms with Gasteiger partial charge in [0, 0.05) is 34.1 Å². The van der Waals surface area contributed by atoms with Crippen LogP contribution in [0.2, 0.25) is 0 Å². The summed E-state index contributed by atoms with van der Waals surface area (Å²) in [6.45, 7) is 0. The summed E-state index contributed by atoms with van der Waals surface area (Å²) >= 11 is 0. The number of hydrogen-bond acceptors (Lipinski definition) is 2. The molecule has 0 aromatic heterocycles. The van der Waals surface area contributed by atoms with E-state index in [0.29, 0.717) is 0 Å². The molecule has 0 N–H and O–H groups in total. The van der Waals surface area contributed by atoms with E-state index in [1.807, 2.05) is 0 Å². The zero-order chi connectivity index (χ0) is 27.9. The number of rotatable bonds is 6. The maximum atomic E-state index is 2.49. The highest BCUT2D eigenvalue weighted by atomic mass is 15.2. The molecule has 6 aromatic carbocycles. The largest absolute Gasteiger partial charge is 0.334 e. The summed E-state index contributed by atoms with van der Waals surface area (Å²) in [5, 5.41) is 2.62. The van der Waals surface area contributed by atoms with Gasteiger partial charge in [0.25, 0.3) is 0 Å². The molecule has 2 atom stereocenters. The Hall–Kier alpha value is -5.34. The highest BCUT2D eigenvalue weighted by Gasteiger charge is 2.34. The molecule has 0 amide bonds. The summed E-state index contributed by atoms with van der Waals surface area (Å²) in [6, 6.07) is 52.3. The van der Waals surface area contributed by atoms with Gasteiger partial charge in [0.2, 0.25) is 0 Å². The summed E-state index contributed by atoms with van der Waals surface area (Å²) in [5.74, 6) is 0.207. The minimum atomic E-state index is 0.139. The number of hydrogen-bond donors (Lipinski definition) is 0. The number of benzene rings is 6. The monoisotopic (exact) mass is 538 g/mol. The van der Waals surface area contributed by atoms with E-state index in [4.69, 9.17) is 0 Å². The van der Waals surface area contributed by atoms with Gasteiger partial charge in [-0.25, -0.2) is 0 Å². The molecule has 0 aliphatic heterocycles. The molecule has 0 fully saturated rings. The average Bonchev–Trinajstić information content (AvgIpc) is 3.07. The van der Waals surface area contributed by atoms with E-state index in [1.54, 1.807) is 0 Å². The molecule has 2 heteroatoms. The van der Waals surface area contributed by atoms with Gasteiger partial charge in [-0.3, -0.25) is 0 Å². The van der Waals surface area contributed by atoms with Crippen molar-refractivity contribution in [1.29, 1.82) is 0 Å². The smallest absolute Gasteiger partial charge is 0.0629 e. The van der Waals surface area contributed by atoms with E-state index in [9.17, 15) is 0 Å². The van der Waals surface area contributed by atoms with Crippen LogP contribution < -0.4 is 9.80 Å². The Labute approximate surface area is 247 Å². The molecule has 2 aliphatic rings. The predicted molar refractivity (Wildman–Crippen MR) is 178 cm³/mol. The van der Waals surface area contributed by atoms with Gasteiger partial charge >= 0.3 is 0 Å². The molecule has 0 spiro atoms. The first-order valence-corrected chi connectivity index (χ1v) is 14.6. The van der Waals surface area contributed by atoms with Crippen LogP contribution in [0.4, 0.5) is 28.4 Å². The Kier molecular flexibility index (Phi) is 5.97. The third kappa shape index (κ3) is 4.03. The first kappa shape index (κ1) is 24.5. The lowest BCUT2D eigenvalue weighted by molar-refractivity contribution is 0.695. The molecule has 2 nitrogen and oxygen atoms in total. The van der Waals surface area contributed by atoms with E-state index >= 15 is 0 Å². The van der Waals surface area contributed by atoms with Crippen molar-refractivity contribution in [1.82, 2.24) is 0 Å². The van der Waals surface area contributed by atoms with Crippen LogP contribution >= 0.6 is 0 Å². The fraction of sp³-hybridized carbons (Fsp3) is 0.0500. The second-order valence-electron chi connectivity index (χ2n) is 10.9. The molecule has 0 heterocycles. The molecule has 0 saturated heterocycles. The van der Waals surface area contributed by atoms with E-state index < -0.39 is 0 Å². The Balaban J connectivity index is 1.33. The zero-order valence-corrected chi connectivity index (χ0v) is 23.2. The van der Waals surface area contributed by atoms with E-state index in [-0.39, 0.29) is 12.0 Å². The van der Waals surface area contributed by atoms with Crippen molar-refractivity contribution in [2.24, 2.45) is 0 Å². The van der Waals surface area contributed by atoms with Crippen LogP contribution in [0.3, 0.4) is 0 Å². The van der Waals surface area contributed by atoms with Crippen molar-refractivity contribution in [3.63, 3.8) is 0 Å². The van der Waals surface area contributed by atoms with Crippen molar-refractivity contribution in [2.45, 2.75) is 12.0 Å². The summed E-state index contributed by atoms with van der Waals surface area (Å²) in [6.07, 6.45) is 9.47. The second kappa shape index (κ2) is 10.2. The van der Waals surface area contributed by atoms with Gasteiger partial charge in [0.05, 0.1) is 11.7 Å². The van der Waals surface area contributed by atoms with E-state index in [2.05, 4.69) is 180 Å². The first-order valence-electron chi connectivity index (χ1n) is 14.6. The predicted octanol–water partition coefficient (Wildman–Crippen LogP) is 10.7. The van der Waals surface area contributed by atoms with Crippen molar-refractivity contribution < 1.29 is 0 Å². The van der Waals surface area contributed by atoms with Crippen LogP contribution in [-0.2, 0) is 0 Å². The number of nitrogens with zero attached hydrogens (tertiary/aromatic N) is 2. The van der Waals surface area contributed by atoms with Gasteiger partial charge in [0.15, 0.2) is 0 Å². The Morgan fingerprint density at radius 1 is 0.429 bits per heavy atom. The van der Waals surface area contributed by atoms with Crippen LogP contribution in [0.15, 0.2) is 158 Å². The van der Waals surface area contributed by atoms with Crippen molar-refractivity contribution in [3.8, 4) is 0 Å². The lowest BCUT2D eigenvalue weighted by atomic mass is 9.75. The summed E-state index contributed by atoms with van der Waals surface area (Å²) in [7, 11) is 0. The Morgan fingerprint density at radius 3 is 1.50 bits per heavy atom. The number of para-hydroxylation sites is 4.